The highest BCUT2D eigenvalue weighted by Gasteiger charge is 2.76. The Balaban J connectivity index is 1.74. The molecule has 270 valence electrons. The van der Waals surface area contributed by atoms with E-state index in [0.717, 1.165) is 12.8 Å². The van der Waals surface area contributed by atoms with Crippen LogP contribution in [0.3, 0.4) is 0 Å². The lowest BCUT2D eigenvalue weighted by molar-refractivity contribution is -0.164. The molecule has 2 N–H and O–H groups in total. The van der Waals surface area contributed by atoms with Crippen LogP contribution in [0.2, 0.25) is 0 Å². The summed E-state index contributed by atoms with van der Waals surface area (Å²) in [7, 11) is 1.51. The minimum atomic E-state index is -1.26. The lowest BCUT2D eigenvalue weighted by Gasteiger charge is -2.41. The largest absolute Gasteiger partial charge is 0.455 e. The van der Waals surface area contributed by atoms with Gasteiger partial charge in [-0.3, -0.25) is 19.2 Å². The first kappa shape index (κ1) is 38.3. The molecule has 0 aliphatic carbocycles. The van der Waals surface area contributed by atoms with Gasteiger partial charge in [0.25, 0.3) is 0 Å². The molecular weight excluding hydrogens is 626 g/mol. The molecule has 1 spiro atoms. The highest BCUT2D eigenvalue weighted by molar-refractivity contribution is 5.98. The second-order valence-electron chi connectivity index (χ2n) is 13.9. The molecule has 0 saturated carbocycles. The van der Waals surface area contributed by atoms with Gasteiger partial charge < -0.3 is 34.4 Å². The van der Waals surface area contributed by atoms with E-state index >= 15 is 0 Å². The van der Waals surface area contributed by atoms with Gasteiger partial charge in [-0.2, -0.15) is 0 Å². The number of amides is 3. The fraction of sp³-hybridized carbons (Fsp3) is 0.632. The van der Waals surface area contributed by atoms with E-state index in [4.69, 9.17) is 14.2 Å². The number of rotatable bonds is 19. The summed E-state index contributed by atoms with van der Waals surface area (Å²) in [5.41, 5.74) is -0.609. The molecule has 2 bridgehead atoms. The maximum absolute atomic E-state index is 14.7. The number of nitrogens with zero attached hydrogens (tertiary/aromatic N) is 2. The second kappa shape index (κ2) is 16.9. The monoisotopic (exact) mass is 681 g/mol. The highest BCUT2D eigenvalue weighted by Crippen LogP contribution is 2.59. The molecule has 4 rings (SSSR count). The van der Waals surface area contributed by atoms with Crippen molar-refractivity contribution in [3.8, 4) is 0 Å². The van der Waals surface area contributed by atoms with Crippen molar-refractivity contribution in [2.24, 2.45) is 17.8 Å². The van der Waals surface area contributed by atoms with Crippen molar-refractivity contribution in [3.63, 3.8) is 0 Å². The molecular formula is C38H55N3O8. The topological polar surface area (TPSA) is 135 Å². The first-order chi connectivity index (χ1) is 23.5. The van der Waals surface area contributed by atoms with Gasteiger partial charge in [-0.1, -0.05) is 69.7 Å². The number of likely N-dealkylation sites (tertiary alicyclic amines) is 1. The third-order valence-corrected chi connectivity index (χ3v) is 10.4. The molecule has 3 saturated heterocycles. The molecule has 11 nitrogen and oxygen atoms in total. The molecule has 3 heterocycles. The van der Waals surface area contributed by atoms with Crippen LogP contribution >= 0.6 is 0 Å². The molecule has 1 unspecified atom stereocenters. The van der Waals surface area contributed by atoms with Gasteiger partial charge in [0.2, 0.25) is 17.7 Å². The number of hydrogen-bond acceptors (Lipinski definition) is 8. The molecule has 3 aliphatic rings. The minimum absolute atomic E-state index is 0.0650. The Morgan fingerprint density at radius 2 is 1.90 bits per heavy atom. The third-order valence-electron chi connectivity index (χ3n) is 10.4. The van der Waals surface area contributed by atoms with Crippen molar-refractivity contribution < 1.29 is 38.5 Å². The van der Waals surface area contributed by atoms with Crippen LogP contribution in [-0.4, -0.2) is 101 Å². The number of benzene rings is 1. The summed E-state index contributed by atoms with van der Waals surface area (Å²) in [6.07, 6.45) is 4.97. The van der Waals surface area contributed by atoms with E-state index in [1.807, 2.05) is 51.1 Å². The van der Waals surface area contributed by atoms with E-state index < -0.39 is 53.7 Å². The van der Waals surface area contributed by atoms with E-state index in [1.165, 1.54) is 12.0 Å². The van der Waals surface area contributed by atoms with Gasteiger partial charge in [-0.15, -0.1) is 13.2 Å². The first-order valence-electron chi connectivity index (χ1n) is 17.7. The van der Waals surface area contributed by atoms with Crippen molar-refractivity contribution in [2.45, 2.75) is 108 Å². The number of hydrogen-bond donors (Lipinski definition) is 2. The van der Waals surface area contributed by atoms with Crippen molar-refractivity contribution in [2.75, 3.05) is 26.9 Å². The van der Waals surface area contributed by atoms with Crippen LogP contribution in [0.25, 0.3) is 0 Å². The Kier molecular flexibility index (Phi) is 13.2. The summed E-state index contributed by atoms with van der Waals surface area (Å²) in [6, 6.07) is 6.57. The van der Waals surface area contributed by atoms with E-state index in [2.05, 4.69) is 25.4 Å². The number of carbonyl (C=O) groups is 4. The number of carbonyl (C=O) groups excluding carboxylic acids is 4. The van der Waals surface area contributed by atoms with E-state index in [9.17, 15) is 24.3 Å². The summed E-state index contributed by atoms with van der Waals surface area (Å²) in [5.74, 6) is -3.68. The van der Waals surface area contributed by atoms with Crippen LogP contribution in [0.15, 0.2) is 55.6 Å². The number of esters is 1. The Morgan fingerprint density at radius 3 is 2.49 bits per heavy atom. The van der Waals surface area contributed by atoms with Gasteiger partial charge in [-0.25, -0.2) is 0 Å². The number of allylic oxidation sites excluding steroid dienone is 1. The van der Waals surface area contributed by atoms with E-state index in [-0.39, 0.29) is 55.9 Å². The maximum Gasteiger partial charge on any atom is 0.313 e. The van der Waals surface area contributed by atoms with Crippen molar-refractivity contribution in [3.05, 3.63) is 61.2 Å². The molecule has 0 aromatic heterocycles. The molecule has 11 heteroatoms. The summed E-state index contributed by atoms with van der Waals surface area (Å²) in [5, 5.41) is 13.5. The average Bonchev–Trinajstić information content (AvgIpc) is 3.73. The normalized spacial score (nSPS) is 26.5. The van der Waals surface area contributed by atoms with Gasteiger partial charge >= 0.3 is 5.97 Å². The summed E-state index contributed by atoms with van der Waals surface area (Å²) >= 11 is 0. The van der Waals surface area contributed by atoms with Crippen LogP contribution in [0.5, 0.6) is 0 Å². The van der Waals surface area contributed by atoms with Gasteiger partial charge in [0.05, 0.1) is 43.2 Å². The third kappa shape index (κ3) is 7.64. The second-order valence-corrected chi connectivity index (χ2v) is 13.9. The minimum Gasteiger partial charge on any atom is -0.455 e. The number of methoxy groups -OCH3 is 1. The van der Waals surface area contributed by atoms with Gasteiger partial charge in [0, 0.05) is 26.1 Å². The number of nitrogens with one attached hydrogen (secondary N) is 1. The zero-order valence-corrected chi connectivity index (χ0v) is 29.7. The van der Waals surface area contributed by atoms with E-state index in [0.29, 0.717) is 24.8 Å². The van der Waals surface area contributed by atoms with Crippen LogP contribution < -0.4 is 5.32 Å². The lowest BCUT2D eigenvalue weighted by atomic mass is 9.70. The average molecular weight is 682 g/mol. The Hall–Kier alpha value is -3.54. The Bertz CT molecular complexity index is 1340. The zero-order valence-electron chi connectivity index (χ0n) is 29.7. The predicted octanol–water partition coefficient (Wildman–Crippen LogP) is 3.96. The predicted molar refractivity (Wildman–Crippen MR) is 185 cm³/mol. The summed E-state index contributed by atoms with van der Waals surface area (Å²) < 4.78 is 18.4. The highest BCUT2D eigenvalue weighted by atomic mass is 16.6. The fourth-order valence-corrected chi connectivity index (χ4v) is 8.10. The summed E-state index contributed by atoms with van der Waals surface area (Å²) in [4.78, 5) is 59.9. The van der Waals surface area contributed by atoms with Crippen LogP contribution in [-0.2, 0) is 33.4 Å². The Labute approximate surface area is 291 Å². The quantitative estimate of drug-likeness (QED) is 0.166. The van der Waals surface area contributed by atoms with Gasteiger partial charge in [0.15, 0.2) is 0 Å². The smallest absolute Gasteiger partial charge is 0.313 e. The van der Waals surface area contributed by atoms with Crippen LogP contribution in [0.1, 0.15) is 77.9 Å². The van der Waals surface area contributed by atoms with Gasteiger partial charge in [0.1, 0.15) is 17.7 Å². The fourth-order valence-electron chi connectivity index (χ4n) is 8.10. The number of fused-ring (bicyclic) bond motifs is 1. The first-order valence-corrected chi connectivity index (χ1v) is 17.7. The molecule has 49 heavy (non-hydrogen) atoms. The van der Waals surface area contributed by atoms with Crippen LogP contribution in [0, 0.1) is 17.8 Å². The molecule has 0 radical (unpaired) electrons. The number of aliphatic hydroxyl groups excluding tert-OH is 1. The molecule has 1 aromatic carbocycles. The number of aliphatic hydroxyl groups is 1. The number of ether oxygens (including phenoxy) is 3. The molecule has 3 aliphatic heterocycles. The van der Waals surface area contributed by atoms with Crippen molar-refractivity contribution in [1.29, 1.82) is 0 Å². The van der Waals surface area contributed by atoms with Crippen molar-refractivity contribution in [1.82, 2.24) is 15.1 Å². The molecule has 3 amide bonds. The SMILES string of the molecule is C=CCCC(=O)N[C@@H](COC)[C@@H](OC(=O)[C@@H]1[C@H]2C(=O)N([C@@H](CO)C(C)C)[C@H](C(=O)N(CC=C)C(C)CCC)[C@]23CC[C@H]1O3)c1ccccc1. The molecule has 9 atom stereocenters. The zero-order chi connectivity index (χ0) is 35.9. The van der Waals surface area contributed by atoms with Crippen LogP contribution in [0.4, 0.5) is 0 Å². The van der Waals surface area contributed by atoms with E-state index in [1.54, 1.807) is 17.1 Å². The standard InChI is InChI=1S/C38H55N3O8/c1-8-11-18-30(43)39-27(23-47-7)33(26-16-13-12-14-17-26)48-37(46)31-29-19-20-38(49-29)32(31)35(44)41(28(22-42)24(4)5)34(38)36(45)40(21-10-3)25(6)15-9-2/h8,10,12-14,16-17,24-25,27-29,31-34,42H,1,3,9,11,15,18-23H2,2,4-7H3,(H,39,43)/t25?,27-,28-,29+,31-,32-,33-,34+,38-/m0/s1. The molecule has 3 fully saturated rings. The summed E-state index contributed by atoms with van der Waals surface area (Å²) in [6.45, 7) is 15.4. The Morgan fingerprint density at radius 1 is 1.18 bits per heavy atom. The van der Waals surface area contributed by atoms with Crippen molar-refractivity contribution >= 4 is 23.7 Å². The van der Waals surface area contributed by atoms with Gasteiger partial charge in [-0.05, 0) is 44.1 Å². The maximum atomic E-state index is 14.7. The lowest BCUT2D eigenvalue weighted by Crippen LogP contribution is -2.60. The molecule has 1 aromatic rings.